The maximum Gasteiger partial charge on any atom is 0.454 e. The Kier molecular flexibility index (Phi) is 3.13. The molecule has 0 saturated heterocycles. The van der Waals surface area contributed by atoms with Gasteiger partial charge in [-0.25, -0.2) is 0 Å². The van der Waals surface area contributed by atoms with E-state index in [4.69, 9.17) is 8.85 Å². The molecule has 0 saturated carbocycles. The minimum Gasteiger partial charge on any atom is -0.511 e. The highest BCUT2D eigenvalue weighted by Gasteiger charge is 2.35. The van der Waals surface area contributed by atoms with Crippen LogP contribution in [0.1, 0.15) is 22.3 Å². The summed E-state index contributed by atoms with van der Waals surface area (Å²) in [6.07, 6.45) is 0. The topological polar surface area (TPSA) is 18.5 Å². The molecule has 3 rings (SSSR count). The summed E-state index contributed by atoms with van der Waals surface area (Å²) >= 11 is 0. The van der Waals surface area contributed by atoms with Gasteiger partial charge in [-0.15, -0.1) is 0 Å². The first kappa shape index (κ1) is 14.2. The molecule has 0 aliphatic carbocycles. The van der Waals surface area contributed by atoms with Gasteiger partial charge in [-0.3, -0.25) is 0 Å². The fraction of sp³-hybridized carbons (Fsp3) is 0.333. The highest BCUT2D eigenvalue weighted by molar-refractivity contribution is 6.66. The number of hydrogen-bond acceptors (Lipinski definition) is 2. The molecule has 0 amide bonds. The Labute approximate surface area is 128 Å². The average Bonchev–Trinajstić information content (AvgIpc) is 2.45. The summed E-state index contributed by atoms with van der Waals surface area (Å²) in [6, 6.07) is 8.77. The van der Waals surface area contributed by atoms with E-state index in [1.54, 1.807) is 0 Å². The van der Waals surface area contributed by atoms with Crippen molar-refractivity contribution in [2.24, 2.45) is 0 Å². The minimum absolute atomic E-state index is 0.987. The third-order valence-corrected chi connectivity index (χ3v) is 5.22. The molecular formula is C18H22O2Si. The Bertz CT molecular complexity index is 671. The van der Waals surface area contributed by atoms with Crippen LogP contribution in [0.2, 0.25) is 13.1 Å². The summed E-state index contributed by atoms with van der Waals surface area (Å²) < 4.78 is 12.6. The fourth-order valence-electron chi connectivity index (χ4n) is 3.09. The molecule has 0 atom stereocenters. The molecule has 1 heterocycles. The van der Waals surface area contributed by atoms with Gasteiger partial charge in [-0.1, -0.05) is 12.1 Å². The maximum atomic E-state index is 6.32. The van der Waals surface area contributed by atoms with Crippen LogP contribution in [0.4, 0.5) is 0 Å². The van der Waals surface area contributed by atoms with E-state index in [1.165, 1.54) is 22.3 Å². The van der Waals surface area contributed by atoms with Crippen LogP contribution < -0.4 is 8.85 Å². The minimum atomic E-state index is -2.24. The van der Waals surface area contributed by atoms with Gasteiger partial charge < -0.3 is 8.85 Å². The van der Waals surface area contributed by atoms with Crippen molar-refractivity contribution in [2.75, 3.05) is 0 Å². The van der Waals surface area contributed by atoms with Crippen molar-refractivity contribution >= 4 is 8.56 Å². The zero-order valence-electron chi connectivity index (χ0n) is 13.6. The van der Waals surface area contributed by atoms with Crippen LogP contribution in [-0.2, 0) is 0 Å². The van der Waals surface area contributed by atoms with E-state index in [9.17, 15) is 0 Å². The molecular weight excluding hydrogens is 276 g/mol. The smallest absolute Gasteiger partial charge is 0.454 e. The lowest BCUT2D eigenvalue weighted by Gasteiger charge is -2.24. The molecule has 1 aliphatic heterocycles. The zero-order chi connectivity index (χ0) is 15.4. The first-order valence-corrected chi connectivity index (χ1v) is 10.2. The molecule has 2 aromatic rings. The van der Waals surface area contributed by atoms with Crippen molar-refractivity contribution in [3.05, 3.63) is 46.5 Å². The van der Waals surface area contributed by atoms with Gasteiger partial charge >= 0.3 is 8.56 Å². The molecule has 0 unspecified atom stereocenters. The predicted octanol–water partition coefficient (Wildman–Crippen LogP) is 5.06. The third kappa shape index (κ3) is 2.46. The van der Waals surface area contributed by atoms with Gasteiger partial charge in [0.1, 0.15) is 11.5 Å². The molecule has 3 heteroatoms. The molecule has 0 bridgehead atoms. The van der Waals surface area contributed by atoms with Gasteiger partial charge in [0.2, 0.25) is 0 Å². The highest BCUT2D eigenvalue weighted by Crippen LogP contribution is 2.45. The van der Waals surface area contributed by atoms with Crippen LogP contribution in [0.3, 0.4) is 0 Å². The number of hydrogen-bond donors (Lipinski definition) is 0. The van der Waals surface area contributed by atoms with E-state index in [0.717, 1.165) is 22.6 Å². The quantitative estimate of drug-likeness (QED) is 0.633. The Morgan fingerprint density at radius 2 is 1.05 bits per heavy atom. The molecule has 0 fully saturated rings. The van der Waals surface area contributed by atoms with Gasteiger partial charge in [-0.2, -0.15) is 0 Å². The monoisotopic (exact) mass is 298 g/mol. The number of rotatable bonds is 0. The van der Waals surface area contributed by atoms with Crippen molar-refractivity contribution in [3.63, 3.8) is 0 Å². The second kappa shape index (κ2) is 4.63. The fourth-order valence-corrected chi connectivity index (χ4v) is 4.66. The Hall–Kier alpha value is -1.74. The van der Waals surface area contributed by atoms with Crippen LogP contribution in [0, 0.1) is 27.7 Å². The lowest BCUT2D eigenvalue weighted by molar-refractivity contribution is 0.404. The molecule has 21 heavy (non-hydrogen) atoms. The van der Waals surface area contributed by atoms with E-state index >= 15 is 0 Å². The summed E-state index contributed by atoms with van der Waals surface area (Å²) in [5.74, 6) is 1.97. The molecule has 0 radical (unpaired) electrons. The molecule has 110 valence electrons. The second-order valence-electron chi connectivity index (χ2n) is 6.52. The second-order valence-corrected chi connectivity index (χ2v) is 9.73. The summed E-state index contributed by atoms with van der Waals surface area (Å²) in [6.45, 7) is 12.7. The number of benzene rings is 2. The van der Waals surface area contributed by atoms with Gasteiger partial charge in [0.15, 0.2) is 0 Å². The predicted molar refractivity (Wildman–Crippen MR) is 89.6 cm³/mol. The molecule has 2 aromatic carbocycles. The highest BCUT2D eigenvalue weighted by atomic mass is 28.4. The van der Waals surface area contributed by atoms with Gasteiger partial charge in [-0.05, 0) is 62.1 Å². The third-order valence-electron chi connectivity index (χ3n) is 3.82. The van der Waals surface area contributed by atoms with E-state index < -0.39 is 8.56 Å². The SMILES string of the molecule is Cc1cc(C)c2c(c1)-c1cc(C)cc(C)c1O[Si](C)(C)O2. The first-order valence-electron chi connectivity index (χ1n) is 7.38. The molecule has 2 nitrogen and oxygen atoms in total. The summed E-state index contributed by atoms with van der Waals surface area (Å²) in [4.78, 5) is 0. The van der Waals surface area contributed by atoms with Crippen molar-refractivity contribution in [2.45, 2.75) is 40.8 Å². The normalized spacial score (nSPS) is 15.3. The Balaban J connectivity index is 2.40. The maximum absolute atomic E-state index is 6.32. The number of aryl methyl sites for hydroxylation is 4. The van der Waals surface area contributed by atoms with Crippen LogP contribution >= 0.6 is 0 Å². The lowest BCUT2D eigenvalue weighted by atomic mass is 9.95. The van der Waals surface area contributed by atoms with Crippen LogP contribution in [0.25, 0.3) is 11.1 Å². The average molecular weight is 298 g/mol. The summed E-state index contributed by atoms with van der Waals surface area (Å²) in [5.41, 5.74) is 7.18. The van der Waals surface area contributed by atoms with Gasteiger partial charge in [0.25, 0.3) is 0 Å². The van der Waals surface area contributed by atoms with Crippen LogP contribution in [-0.4, -0.2) is 8.56 Å². The van der Waals surface area contributed by atoms with E-state index in [1.807, 2.05) is 0 Å². The van der Waals surface area contributed by atoms with E-state index in [0.29, 0.717) is 0 Å². The largest absolute Gasteiger partial charge is 0.511 e. The number of fused-ring (bicyclic) bond motifs is 3. The first-order chi connectivity index (χ1) is 9.77. The Morgan fingerprint density at radius 3 is 1.43 bits per heavy atom. The lowest BCUT2D eigenvalue weighted by Crippen LogP contribution is -2.41. The van der Waals surface area contributed by atoms with E-state index in [2.05, 4.69) is 65.1 Å². The molecule has 0 N–H and O–H groups in total. The van der Waals surface area contributed by atoms with Crippen molar-refractivity contribution < 1.29 is 8.85 Å². The summed E-state index contributed by atoms with van der Waals surface area (Å²) in [7, 11) is -2.24. The van der Waals surface area contributed by atoms with Gasteiger partial charge in [0.05, 0.1) is 0 Å². The zero-order valence-corrected chi connectivity index (χ0v) is 14.6. The summed E-state index contributed by atoms with van der Waals surface area (Å²) in [5, 5.41) is 0. The van der Waals surface area contributed by atoms with Gasteiger partial charge in [0, 0.05) is 24.2 Å². The van der Waals surface area contributed by atoms with Crippen molar-refractivity contribution in [1.29, 1.82) is 0 Å². The molecule has 0 aromatic heterocycles. The van der Waals surface area contributed by atoms with Crippen molar-refractivity contribution in [1.82, 2.24) is 0 Å². The van der Waals surface area contributed by atoms with E-state index in [-0.39, 0.29) is 0 Å². The van der Waals surface area contributed by atoms with Crippen LogP contribution in [0.15, 0.2) is 24.3 Å². The standard InChI is InChI=1S/C18H22O2Si/c1-11-7-13(3)17-15(9-11)16-10-12(2)8-14(4)18(16)20-21(5,6)19-17/h7-10H,1-6H3. The van der Waals surface area contributed by atoms with Crippen molar-refractivity contribution in [3.8, 4) is 22.6 Å². The van der Waals surface area contributed by atoms with Crippen LogP contribution in [0.5, 0.6) is 11.5 Å². The molecule has 1 aliphatic rings. The Morgan fingerprint density at radius 1 is 0.667 bits per heavy atom. The molecule has 0 spiro atoms.